The third-order valence-electron chi connectivity index (χ3n) is 2.87. The number of halogens is 2. The van der Waals surface area contributed by atoms with Crippen molar-refractivity contribution < 1.29 is 8.78 Å². The molecule has 0 spiro atoms. The van der Waals surface area contributed by atoms with E-state index in [-0.39, 0.29) is 5.69 Å². The van der Waals surface area contributed by atoms with Gasteiger partial charge in [0.1, 0.15) is 0 Å². The van der Waals surface area contributed by atoms with Crippen LogP contribution in [0.5, 0.6) is 0 Å². The molecule has 1 heterocycles. The number of benzene rings is 1. The summed E-state index contributed by atoms with van der Waals surface area (Å²) in [5.74, 6) is 0. The molecule has 0 aliphatic rings. The third-order valence-corrected chi connectivity index (χ3v) is 8.70. The van der Waals surface area contributed by atoms with E-state index >= 15 is 0 Å². The Kier molecular flexibility index (Phi) is 3.38. The van der Waals surface area contributed by atoms with E-state index in [0.29, 0.717) is 5.39 Å². The normalized spacial score (nSPS) is 12.4. The monoisotopic (exact) mass is 343 g/mol. The molecule has 0 saturated heterocycles. The standard InChI is InChI=1S/C10H6F2N.3CH3.Sn/c11-10(12)9-8-4-2-1-3-7(8)5-6-13-9;;;;/h1,3-6,10H;3*1H3;. The zero-order valence-electron chi connectivity index (χ0n) is 10.2. The van der Waals surface area contributed by atoms with Crippen molar-refractivity contribution >= 4 is 32.7 Å². The van der Waals surface area contributed by atoms with Crippen molar-refractivity contribution in [3.63, 3.8) is 0 Å². The van der Waals surface area contributed by atoms with Gasteiger partial charge in [-0.25, -0.2) is 0 Å². The molecule has 0 radical (unpaired) electrons. The Morgan fingerprint density at radius 1 is 1.12 bits per heavy atom. The summed E-state index contributed by atoms with van der Waals surface area (Å²) in [6, 6.07) is 7.71. The number of pyridine rings is 1. The molecule has 0 fully saturated rings. The number of alkyl halides is 2. The van der Waals surface area contributed by atoms with Crippen LogP contribution in [-0.2, 0) is 0 Å². The number of rotatable bonds is 2. The van der Waals surface area contributed by atoms with E-state index in [2.05, 4.69) is 25.9 Å². The van der Waals surface area contributed by atoms with E-state index in [0.717, 1.165) is 5.39 Å². The molecule has 0 bridgehead atoms. The zero-order valence-corrected chi connectivity index (χ0v) is 13.0. The molecule has 1 aromatic carbocycles. The average Bonchev–Trinajstić information content (AvgIpc) is 2.26. The van der Waals surface area contributed by atoms with Crippen molar-refractivity contribution in [2.24, 2.45) is 0 Å². The van der Waals surface area contributed by atoms with Crippen molar-refractivity contribution in [1.29, 1.82) is 0 Å². The summed E-state index contributed by atoms with van der Waals surface area (Å²) in [5, 5.41) is 1.45. The Hall–Kier alpha value is -0.711. The molecule has 1 nitrogen and oxygen atoms in total. The first-order valence-corrected chi connectivity index (χ1v) is 15.6. The second-order valence-electron chi connectivity index (χ2n) is 5.18. The van der Waals surface area contributed by atoms with Crippen molar-refractivity contribution in [3.05, 3.63) is 36.2 Å². The van der Waals surface area contributed by atoms with Crippen molar-refractivity contribution in [2.75, 3.05) is 0 Å². The summed E-state index contributed by atoms with van der Waals surface area (Å²) in [4.78, 5) is 10.6. The molecule has 0 amide bonds. The molecule has 0 aliphatic carbocycles. The van der Waals surface area contributed by atoms with Crippen molar-refractivity contribution in [3.8, 4) is 0 Å². The third kappa shape index (κ3) is 2.59. The first-order chi connectivity index (χ1) is 7.89. The summed E-state index contributed by atoms with van der Waals surface area (Å²) in [6.07, 6.45) is -1.06. The van der Waals surface area contributed by atoms with E-state index in [1.165, 1.54) is 9.78 Å². The van der Waals surface area contributed by atoms with E-state index in [1.54, 1.807) is 6.07 Å². The van der Waals surface area contributed by atoms with Gasteiger partial charge in [0.15, 0.2) is 0 Å². The molecule has 17 heavy (non-hydrogen) atoms. The molecule has 2 rings (SSSR count). The van der Waals surface area contributed by atoms with Gasteiger partial charge in [0, 0.05) is 0 Å². The van der Waals surface area contributed by atoms with Crippen LogP contribution in [0.4, 0.5) is 8.78 Å². The van der Waals surface area contributed by atoms with E-state index in [1.807, 2.05) is 12.1 Å². The first-order valence-electron chi connectivity index (χ1n) is 5.57. The topological polar surface area (TPSA) is 12.9 Å². The van der Waals surface area contributed by atoms with Gasteiger partial charge in [-0.3, -0.25) is 0 Å². The van der Waals surface area contributed by atoms with Crippen LogP contribution in [0.3, 0.4) is 0 Å². The predicted molar refractivity (Wildman–Crippen MR) is 69.7 cm³/mol. The van der Waals surface area contributed by atoms with E-state index in [4.69, 9.17) is 0 Å². The predicted octanol–water partition coefficient (Wildman–Crippen LogP) is 3.72. The molecular formula is C13H15F2NSn. The summed E-state index contributed by atoms with van der Waals surface area (Å²) < 4.78 is 27.0. The van der Waals surface area contributed by atoms with Gasteiger partial charge in [-0.05, 0) is 0 Å². The summed E-state index contributed by atoms with van der Waals surface area (Å²) in [5.41, 5.74) is -0.0973. The quantitative estimate of drug-likeness (QED) is 0.759. The summed E-state index contributed by atoms with van der Waals surface area (Å²) in [6.45, 7) is 0. The fraction of sp³-hybridized carbons (Fsp3) is 0.308. The second-order valence-corrected chi connectivity index (χ2v) is 19.7. The van der Waals surface area contributed by atoms with Crippen LogP contribution < -0.4 is 3.58 Å². The molecule has 0 atom stereocenters. The van der Waals surface area contributed by atoms with Crippen molar-refractivity contribution in [1.82, 2.24) is 4.98 Å². The average molecular weight is 342 g/mol. The maximum absolute atomic E-state index is 12.9. The van der Waals surface area contributed by atoms with Gasteiger partial charge in [0.05, 0.1) is 0 Å². The molecule has 0 saturated carbocycles. The van der Waals surface area contributed by atoms with E-state index < -0.39 is 24.8 Å². The molecule has 2 aromatic rings. The van der Waals surface area contributed by atoms with Crippen LogP contribution in [0.15, 0.2) is 30.5 Å². The maximum atomic E-state index is 12.9. The number of hydrogen-bond donors (Lipinski definition) is 0. The Bertz CT molecular complexity index is 547. The van der Waals surface area contributed by atoms with Crippen LogP contribution in [0.2, 0.25) is 14.8 Å². The van der Waals surface area contributed by atoms with Crippen molar-refractivity contribution in [2.45, 2.75) is 21.2 Å². The fourth-order valence-corrected chi connectivity index (χ4v) is 5.14. The molecule has 0 N–H and O–H groups in total. The molecule has 1 aromatic heterocycles. The minimum atomic E-state index is -2.51. The van der Waals surface area contributed by atoms with Crippen LogP contribution in [0.25, 0.3) is 10.8 Å². The van der Waals surface area contributed by atoms with Gasteiger partial charge in [-0.1, -0.05) is 0 Å². The van der Waals surface area contributed by atoms with Gasteiger partial charge in [-0.15, -0.1) is 0 Å². The van der Waals surface area contributed by atoms with Crippen LogP contribution in [-0.4, -0.2) is 23.4 Å². The minimum absolute atomic E-state index is 0.0973. The molecule has 90 valence electrons. The SMILES string of the molecule is [CH3][Sn]([CH3])([CH3])[c]1ccc2ccnc(C(F)F)c2c1. The first kappa shape index (κ1) is 12.7. The summed E-state index contributed by atoms with van der Waals surface area (Å²) in [7, 11) is 0. The number of nitrogens with zero attached hydrogens (tertiary/aromatic N) is 1. The Labute approximate surface area is 104 Å². The molecular weight excluding hydrogens is 327 g/mol. The van der Waals surface area contributed by atoms with Gasteiger partial charge in [0.25, 0.3) is 0 Å². The Morgan fingerprint density at radius 2 is 1.82 bits per heavy atom. The van der Waals surface area contributed by atoms with E-state index in [9.17, 15) is 8.78 Å². The van der Waals surface area contributed by atoms with Gasteiger partial charge >= 0.3 is 104 Å². The van der Waals surface area contributed by atoms with Gasteiger partial charge in [-0.2, -0.15) is 0 Å². The number of aromatic nitrogens is 1. The van der Waals surface area contributed by atoms with Crippen LogP contribution in [0, 0.1) is 0 Å². The second kappa shape index (κ2) is 4.52. The number of fused-ring (bicyclic) bond motifs is 1. The van der Waals surface area contributed by atoms with Crippen LogP contribution >= 0.6 is 0 Å². The van der Waals surface area contributed by atoms with Gasteiger partial charge < -0.3 is 0 Å². The van der Waals surface area contributed by atoms with Gasteiger partial charge in [0.2, 0.25) is 0 Å². The molecule has 4 heteroatoms. The van der Waals surface area contributed by atoms with Crippen LogP contribution in [0.1, 0.15) is 12.1 Å². The Balaban J connectivity index is 2.70. The molecule has 0 aliphatic heterocycles. The number of hydrogen-bond acceptors (Lipinski definition) is 1. The fourth-order valence-electron chi connectivity index (χ4n) is 1.83. The zero-order chi connectivity index (χ0) is 12.6. The molecule has 0 unspecified atom stereocenters. The summed E-state index contributed by atoms with van der Waals surface area (Å²) >= 11 is -2.21. The Morgan fingerprint density at radius 3 is 2.41 bits per heavy atom.